The highest BCUT2D eigenvalue weighted by molar-refractivity contribution is 7.89. The van der Waals surface area contributed by atoms with Gasteiger partial charge in [-0.15, -0.1) is 0 Å². The van der Waals surface area contributed by atoms with Gasteiger partial charge in [-0.1, -0.05) is 23.8 Å². The van der Waals surface area contributed by atoms with Crippen molar-refractivity contribution in [2.24, 2.45) is 5.92 Å². The smallest absolute Gasteiger partial charge is 0.240 e. The van der Waals surface area contributed by atoms with Crippen molar-refractivity contribution >= 4 is 21.6 Å². The Hall–Kier alpha value is -2.18. The van der Waals surface area contributed by atoms with E-state index >= 15 is 0 Å². The van der Waals surface area contributed by atoms with Crippen LogP contribution in [0.1, 0.15) is 23.1 Å². The van der Waals surface area contributed by atoms with E-state index in [1.807, 2.05) is 51.1 Å². The van der Waals surface area contributed by atoms with E-state index in [0.29, 0.717) is 13.0 Å². The van der Waals surface area contributed by atoms with E-state index in [4.69, 9.17) is 0 Å². The van der Waals surface area contributed by atoms with E-state index in [-0.39, 0.29) is 23.3 Å². The van der Waals surface area contributed by atoms with Gasteiger partial charge in [-0.05, 0) is 62.1 Å². The van der Waals surface area contributed by atoms with Crippen LogP contribution in [0.2, 0.25) is 0 Å². The first kappa shape index (κ1) is 18.6. The van der Waals surface area contributed by atoms with E-state index in [1.165, 1.54) is 0 Å². The van der Waals surface area contributed by atoms with Gasteiger partial charge in [0.2, 0.25) is 15.9 Å². The highest BCUT2D eigenvalue weighted by Gasteiger charge is 2.31. The van der Waals surface area contributed by atoms with Crippen LogP contribution in [0.3, 0.4) is 0 Å². The van der Waals surface area contributed by atoms with E-state index in [1.54, 1.807) is 17.0 Å². The lowest BCUT2D eigenvalue weighted by Gasteiger charge is -2.17. The van der Waals surface area contributed by atoms with E-state index in [9.17, 15) is 13.2 Å². The molecule has 0 bridgehead atoms. The molecule has 6 heteroatoms. The number of amides is 1. The third-order valence-corrected chi connectivity index (χ3v) is 6.32. The lowest BCUT2D eigenvalue weighted by Crippen LogP contribution is -2.31. The number of benzene rings is 2. The van der Waals surface area contributed by atoms with Crippen LogP contribution in [0, 0.1) is 26.7 Å². The Kier molecular flexibility index (Phi) is 5.16. The average Bonchev–Trinajstić information content (AvgIpc) is 2.97. The van der Waals surface area contributed by atoms with E-state index < -0.39 is 10.0 Å². The van der Waals surface area contributed by atoms with Crippen LogP contribution in [0.15, 0.2) is 47.4 Å². The Morgan fingerprint density at radius 1 is 1.04 bits per heavy atom. The zero-order chi connectivity index (χ0) is 18.9. The topological polar surface area (TPSA) is 66.5 Å². The molecule has 138 valence electrons. The second kappa shape index (κ2) is 7.21. The van der Waals surface area contributed by atoms with Gasteiger partial charge in [0.25, 0.3) is 0 Å². The molecule has 3 rings (SSSR count). The summed E-state index contributed by atoms with van der Waals surface area (Å²) in [5.41, 5.74) is 3.99. The summed E-state index contributed by atoms with van der Waals surface area (Å²) < 4.78 is 27.7. The van der Waals surface area contributed by atoms with Gasteiger partial charge in [0.1, 0.15) is 0 Å². The molecule has 0 aliphatic carbocycles. The van der Waals surface area contributed by atoms with Gasteiger partial charge < -0.3 is 4.90 Å². The monoisotopic (exact) mass is 372 g/mol. The molecule has 26 heavy (non-hydrogen) atoms. The van der Waals surface area contributed by atoms with Gasteiger partial charge >= 0.3 is 0 Å². The first-order valence-corrected chi connectivity index (χ1v) is 10.2. The number of carbonyl (C=O) groups is 1. The Morgan fingerprint density at radius 3 is 2.38 bits per heavy atom. The minimum atomic E-state index is -3.57. The van der Waals surface area contributed by atoms with Gasteiger partial charge in [-0.3, -0.25) is 4.79 Å². The maximum absolute atomic E-state index is 12.5. The Balaban J connectivity index is 1.65. The van der Waals surface area contributed by atoms with E-state index in [0.717, 1.165) is 22.4 Å². The Labute approximate surface area is 155 Å². The van der Waals surface area contributed by atoms with Crippen LogP contribution < -0.4 is 9.62 Å². The quantitative estimate of drug-likeness (QED) is 0.877. The fourth-order valence-corrected chi connectivity index (χ4v) is 4.29. The summed E-state index contributed by atoms with van der Waals surface area (Å²) in [4.78, 5) is 14.3. The van der Waals surface area contributed by atoms with Crippen molar-refractivity contribution in [2.75, 3.05) is 18.0 Å². The van der Waals surface area contributed by atoms with Crippen molar-refractivity contribution in [2.45, 2.75) is 32.1 Å². The number of aryl methyl sites for hydroxylation is 3. The normalized spacial score (nSPS) is 17.7. The van der Waals surface area contributed by atoms with Crippen LogP contribution in [-0.2, 0) is 14.8 Å². The van der Waals surface area contributed by atoms with Gasteiger partial charge in [-0.2, -0.15) is 0 Å². The molecule has 1 amide bonds. The maximum atomic E-state index is 12.5. The van der Waals surface area contributed by atoms with Crippen LogP contribution in [0.25, 0.3) is 0 Å². The minimum absolute atomic E-state index is 0.0317. The van der Waals surface area contributed by atoms with Crippen molar-refractivity contribution in [1.82, 2.24) is 4.72 Å². The van der Waals surface area contributed by atoms with Gasteiger partial charge in [0.15, 0.2) is 0 Å². The fraction of sp³-hybridized carbons (Fsp3) is 0.350. The molecule has 0 spiro atoms. The third kappa shape index (κ3) is 3.97. The maximum Gasteiger partial charge on any atom is 0.240 e. The molecule has 0 aromatic heterocycles. The van der Waals surface area contributed by atoms with Gasteiger partial charge in [0, 0.05) is 25.2 Å². The summed E-state index contributed by atoms with van der Waals surface area (Å²) >= 11 is 0. The standard InChI is InChI=1S/C20H24N2O3S/c1-14-4-7-18(8-5-14)22-13-17(11-20(22)23)12-21-26(24,25)19-9-6-15(2)16(3)10-19/h4-10,17,21H,11-13H2,1-3H3/t17-/m0/s1. The molecular weight excluding hydrogens is 348 g/mol. The molecule has 2 aromatic rings. The summed E-state index contributed by atoms with van der Waals surface area (Å²) in [5.74, 6) is -0.00523. The van der Waals surface area contributed by atoms with Crippen molar-refractivity contribution in [1.29, 1.82) is 0 Å². The van der Waals surface area contributed by atoms with Crippen LogP contribution in [0.4, 0.5) is 5.69 Å². The number of hydrogen-bond donors (Lipinski definition) is 1. The molecule has 5 nitrogen and oxygen atoms in total. The summed E-state index contributed by atoms with van der Waals surface area (Å²) in [6, 6.07) is 12.9. The van der Waals surface area contributed by atoms with Crippen LogP contribution >= 0.6 is 0 Å². The molecule has 1 aliphatic rings. The number of sulfonamides is 1. The lowest BCUT2D eigenvalue weighted by molar-refractivity contribution is -0.117. The Bertz CT molecular complexity index is 921. The lowest BCUT2D eigenvalue weighted by atomic mass is 10.1. The van der Waals surface area contributed by atoms with Crippen molar-refractivity contribution in [3.8, 4) is 0 Å². The number of nitrogens with zero attached hydrogens (tertiary/aromatic N) is 1. The van der Waals surface area contributed by atoms with Crippen LogP contribution in [-0.4, -0.2) is 27.4 Å². The number of anilines is 1. The summed E-state index contributed by atoms with van der Waals surface area (Å²) in [5, 5.41) is 0. The third-order valence-electron chi connectivity index (χ3n) is 4.90. The predicted octanol–water partition coefficient (Wildman–Crippen LogP) is 2.94. The number of hydrogen-bond acceptors (Lipinski definition) is 3. The zero-order valence-electron chi connectivity index (χ0n) is 15.3. The first-order chi connectivity index (χ1) is 12.3. The number of rotatable bonds is 5. The molecule has 1 aliphatic heterocycles. The number of nitrogens with one attached hydrogen (secondary N) is 1. The minimum Gasteiger partial charge on any atom is -0.312 e. The molecule has 1 heterocycles. The zero-order valence-corrected chi connectivity index (χ0v) is 16.1. The predicted molar refractivity (Wildman–Crippen MR) is 103 cm³/mol. The molecule has 0 radical (unpaired) electrons. The summed E-state index contributed by atoms with van der Waals surface area (Å²) in [6.07, 6.45) is 0.351. The van der Waals surface area contributed by atoms with Crippen LogP contribution in [0.5, 0.6) is 0 Å². The van der Waals surface area contributed by atoms with Gasteiger partial charge in [0.05, 0.1) is 4.90 Å². The Morgan fingerprint density at radius 2 is 1.73 bits per heavy atom. The molecule has 1 atom stereocenters. The molecule has 0 unspecified atom stereocenters. The highest BCUT2D eigenvalue weighted by atomic mass is 32.2. The fourth-order valence-electron chi connectivity index (χ4n) is 3.08. The summed E-state index contributed by atoms with van der Waals surface area (Å²) in [7, 11) is -3.57. The van der Waals surface area contributed by atoms with Crippen molar-refractivity contribution < 1.29 is 13.2 Å². The van der Waals surface area contributed by atoms with Crippen molar-refractivity contribution in [3.05, 3.63) is 59.2 Å². The number of carbonyl (C=O) groups excluding carboxylic acids is 1. The second-order valence-corrected chi connectivity index (χ2v) is 8.77. The second-order valence-electron chi connectivity index (χ2n) is 7.01. The average molecular weight is 372 g/mol. The first-order valence-electron chi connectivity index (χ1n) is 8.70. The SMILES string of the molecule is Cc1ccc(N2C[C@H](CNS(=O)(=O)c3ccc(C)c(C)c3)CC2=O)cc1. The molecule has 0 saturated carbocycles. The highest BCUT2D eigenvalue weighted by Crippen LogP contribution is 2.25. The molecule has 1 saturated heterocycles. The van der Waals surface area contributed by atoms with E-state index in [2.05, 4.69) is 4.72 Å². The largest absolute Gasteiger partial charge is 0.312 e. The molecule has 2 aromatic carbocycles. The van der Waals surface area contributed by atoms with Gasteiger partial charge in [-0.25, -0.2) is 13.1 Å². The molecule has 1 fully saturated rings. The molecular formula is C20H24N2O3S. The van der Waals surface area contributed by atoms with Crippen molar-refractivity contribution in [3.63, 3.8) is 0 Å². The summed E-state index contributed by atoms with van der Waals surface area (Å²) in [6.45, 7) is 6.62. The molecule has 1 N–H and O–H groups in total.